The number of anilines is 1. The van der Waals surface area contributed by atoms with Crippen LogP contribution in [-0.4, -0.2) is 40.9 Å². The molecular weight excluding hydrogens is 172 g/mol. The first kappa shape index (κ1) is 8.06. The van der Waals surface area contributed by atoms with Crippen molar-refractivity contribution in [3.63, 3.8) is 0 Å². The maximum Gasteiger partial charge on any atom is 0.273 e. The molecule has 6 nitrogen and oxygen atoms in total. The topological polar surface area (TPSA) is 84.2 Å². The average molecular weight is 182 g/mol. The summed E-state index contributed by atoms with van der Waals surface area (Å²) < 4.78 is 5.05. The lowest BCUT2D eigenvalue weighted by molar-refractivity contribution is 0.0689. The minimum Gasteiger partial charge on any atom is -0.382 e. The molecule has 1 aliphatic rings. The molecule has 1 fully saturated rings. The zero-order valence-electron chi connectivity index (χ0n) is 6.99. The second-order valence-electron chi connectivity index (χ2n) is 2.81. The summed E-state index contributed by atoms with van der Waals surface area (Å²) in [6, 6.07) is 1.51. The Balaban J connectivity index is 2.12. The Bertz CT molecular complexity index is 316. The summed E-state index contributed by atoms with van der Waals surface area (Å²) in [5.41, 5.74) is 5.78. The summed E-state index contributed by atoms with van der Waals surface area (Å²) in [6.45, 7) is 1.56. The van der Waals surface area contributed by atoms with Crippen LogP contribution in [0, 0.1) is 0 Å². The molecule has 2 heterocycles. The number of amides is 1. The van der Waals surface area contributed by atoms with Crippen molar-refractivity contribution in [3.8, 4) is 0 Å². The predicted molar refractivity (Wildman–Crippen MR) is 44.9 cm³/mol. The van der Waals surface area contributed by atoms with E-state index in [0.717, 1.165) is 0 Å². The average Bonchev–Trinajstić information content (AvgIpc) is 2.72. The van der Waals surface area contributed by atoms with Gasteiger partial charge < -0.3 is 15.4 Å². The van der Waals surface area contributed by atoms with Gasteiger partial charge in [0.05, 0.1) is 6.61 Å². The number of hydrogen-bond donors (Lipinski definition) is 2. The smallest absolute Gasteiger partial charge is 0.273 e. The zero-order valence-corrected chi connectivity index (χ0v) is 6.99. The molecule has 70 valence electrons. The number of rotatable bonds is 1. The highest BCUT2D eigenvalue weighted by atomic mass is 16.5. The van der Waals surface area contributed by atoms with Crippen molar-refractivity contribution in [2.75, 3.05) is 25.6 Å². The van der Waals surface area contributed by atoms with Gasteiger partial charge in [0, 0.05) is 12.6 Å². The number of ether oxygens (including phenoxy) is 1. The summed E-state index contributed by atoms with van der Waals surface area (Å²) in [4.78, 5) is 13.2. The van der Waals surface area contributed by atoms with E-state index >= 15 is 0 Å². The Morgan fingerprint density at radius 3 is 3.15 bits per heavy atom. The lowest BCUT2D eigenvalue weighted by atomic mass is 10.3. The van der Waals surface area contributed by atoms with E-state index in [0.29, 0.717) is 31.4 Å². The number of nitrogens with one attached hydrogen (secondary N) is 1. The van der Waals surface area contributed by atoms with Gasteiger partial charge in [-0.15, -0.1) is 0 Å². The van der Waals surface area contributed by atoms with Crippen LogP contribution in [0.15, 0.2) is 6.07 Å². The summed E-state index contributed by atoms with van der Waals surface area (Å²) in [5.74, 6) is 0.199. The minimum atomic E-state index is -0.123. The highest BCUT2D eigenvalue weighted by molar-refractivity contribution is 5.92. The minimum absolute atomic E-state index is 0.123. The third-order valence-electron chi connectivity index (χ3n) is 1.87. The van der Waals surface area contributed by atoms with Crippen LogP contribution in [-0.2, 0) is 4.74 Å². The van der Waals surface area contributed by atoms with Gasteiger partial charge in [0.1, 0.15) is 18.2 Å². The lowest BCUT2D eigenvalue weighted by Crippen LogP contribution is -2.28. The van der Waals surface area contributed by atoms with E-state index in [1.807, 2.05) is 0 Å². The number of carbonyl (C=O) groups excluding carboxylic acids is 1. The zero-order chi connectivity index (χ0) is 9.26. The molecule has 3 N–H and O–H groups in total. The Kier molecular flexibility index (Phi) is 1.90. The van der Waals surface area contributed by atoms with Crippen molar-refractivity contribution in [1.82, 2.24) is 15.1 Å². The van der Waals surface area contributed by atoms with Gasteiger partial charge in [-0.3, -0.25) is 9.89 Å². The lowest BCUT2D eigenvalue weighted by Gasteiger charge is -2.10. The van der Waals surface area contributed by atoms with E-state index < -0.39 is 0 Å². The Labute approximate surface area is 74.7 Å². The second kappa shape index (κ2) is 3.06. The summed E-state index contributed by atoms with van der Waals surface area (Å²) in [7, 11) is 0. The fourth-order valence-electron chi connectivity index (χ4n) is 1.19. The van der Waals surface area contributed by atoms with E-state index in [1.54, 1.807) is 4.90 Å². The third-order valence-corrected chi connectivity index (χ3v) is 1.87. The van der Waals surface area contributed by atoms with Crippen LogP contribution in [0.3, 0.4) is 0 Å². The van der Waals surface area contributed by atoms with Crippen molar-refractivity contribution in [2.24, 2.45) is 0 Å². The number of nitrogens with zero attached hydrogens (tertiary/aromatic N) is 2. The van der Waals surface area contributed by atoms with E-state index in [2.05, 4.69) is 10.2 Å². The summed E-state index contributed by atoms with van der Waals surface area (Å²) in [5, 5.41) is 6.23. The number of aromatic amines is 1. The van der Waals surface area contributed by atoms with Gasteiger partial charge >= 0.3 is 0 Å². The standard InChI is InChI=1S/C7H10N4O2/c8-6-3-5(9-10-6)7(12)11-1-2-13-4-11/h3H,1-2,4H2,(H3,8,9,10). The molecule has 0 unspecified atom stereocenters. The maximum atomic E-state index is 11.6. The van der Waals surface area contributed by atoms with Crippen LogP contribution in [0.1, 0.15) is 10.5 Å². The SMILES string of the molecule is Nc1cc(C(=O)N2CCOC2)[nH]n1. The molecule has 0 bridgehead atoms. The van der Waals surface area contributed by atoms with Gasteiger partial charge in [0.25, 0.3) is 5.91 Å². The number of carbonyl (C=O) groups is 1. The van der Waals surface area contributed by atoms with E-state index in [4.69, 9.17) is 10.5 Å². The molecule has 1 amide bonds. The molecule has 1 aromatic heterocycles. The molecule has 6 heteroatoms. The van der Waals surface area contributed by atoms with E-state index in [1.165, 1.54) is 6.07 Å². The summed E-state index contributed by atoms with van der Waals surface area (Å²) in [6.07, 6.45) is 0. The highest BCUT2D eigenvalue weighted by Gasteiger charge is 2.21. The van der Waals surface area contributed by atoms with Crippen LogP contribution in [0.2, 0.25) is 0 Å². The molecule has 0 spiro atoms. The van der Waals surface area contributed by atoms with Gasteiger partial charge in [0.15, 0.2) is 0 Å². The molecule has 1 aliphatic heterocycles. The van der Waals surface area contributed by atoms with E-state index in [9.17, 15) is 4.79 Å². The van der Waals surface area contributed by atoms with Crippen molar-refractivity contribution >= 4 is 11.7 Å². The molecular formula is C7H10N4O2. The Hall–Kier alpha value is -1.56. The van der Waals surface area contributed by atoms with E-state index in [-0.39, 0.29) is 5.91 Å². The van der Waals surface area contributed by atoms with Crippen molar-refractivity contribution < 1.29 is 9.53 Å². The molecule has 0 aliphatic carbocycles. The van der Waals surface area contributed by atoms with Gasteiger partial charge in [-0.1, -0.05) is 0 Å². The molecule has 0 aromatic carbocycles. The number of H-pyrrole nitrogens is 1. The molecule has 0 radical (unpaired) electrons. The Morgan fingerprint density at radius 2 is 2.62 bits per heavy atom. The van der Waals surface area contributed by atoms with Crippen molar-refractivity contribution in [2.45, 2.75) is 0 Å². The maximum absolute atomic E-state index is 11.6. The number of aromatic nitrogens is 2. The Morgan fingerprint density at radius 1 is 1.77 bits per heavy atom. The largest absolute Gasteiger partial charge is 0.382 e. The predicted octanol–water partition coefficient (Wildman–Crippen LogP) is -0.578. The molecule has 1 aromatic rings. The fraction of sp³-hybridized carbons (Fsp3) is 0.429. The normalized spacial score (nSPS) is 16.5. The molecule has 13 heavy (non-hydrogen) atoms. The van der Waals surface area contributed by atoms with Crippen LogP contribution < -0.4 is 5.73 Å². The van der Waals surface area contributed by atoms with Crippen molar-refractivity contribution in [1.29, 1.82) is 0 Å². The fourth-order valence-corrected chi connectivity index (χ4v) is 1.19. The third kappa shape index (κ3) is 1.48. The first-order chi connectivity index (χ1) is 6.27. The molecule has 0 atom stereocenters. The second-order valence-corrected chi connectivity index (χ2v) is 2.81. The van der Waals surface area contributed by atoms with Crippen molar-refractivity contribution in [3.05, 3.63) is 11.8 Å². The first-order valence-corrected chi connectivity index (χ1v) is 3.95. The summed E-state index contributed by atoms with van der Waals surface area (Å²) >= 11 is 0. The van der Waals surface area contributed by atoms with Gasteiger partial charge in [-0.05, 0) is 0 Å². The molecule has 0 saturated carbocycles. The molecule has 2 rings (SSSR count). The van der Waals surface area contributed by atoms with Crippen LogP contribution in [0.4, 0.5) is 5.82 Å². The molecule has 1 saturated heterocycles. The van der Waals surface area contributed by atoms with Crippen LogP contribution in [0.5, 0.6) is 0 Å². The quantitative estimate of drug-likeness (QED) is 0.608. The van der Waals surface area contributed by atoms with Crippen LogP contribution in [0.25, 0.3) is 0 Å². The van der Waals surface area contributed by atoms with Gasteiger partial charge in [-0.25, -0.2) is 0 Å². The monoisotopic (exact) mass is 182 g/mol. The number of hydrogen-bond acceptors (Lipinski definition) is 4. The number of nitrogens with two attached hydrogens (primary N) is 1. The number of nitrogen functional groups attached to an aromatic ring is 1. The van der Waals surface area contributed by atoms with Crippen LogP contribution >= 0.6 is 0 Å². The van der Waals surface area contributed by atoms with Gasteiger partial charge in [0.2, 0.25) is 0 Å². The first-order valence-electron chi connectivity index (χ1n) is 3.95. The highest BCUT2D eigenvalue weighted by Crippen LogP contribution is 2.07. The van der Waals surface area contributed by atoms with Gasteiger partial charge in [-0.2, -0.15) is 5.10 Å².